The van der Waals surface area contributed by atoms with Crippen LogP contribution < -0.4 is 10.2 Å². The quantitative estimate of drug-likeness (QED) is 0.691. The fraction of sp³-hybridized carbons (Fsp3) is 0.273. The molecule has 1 aliphatic rings. The zero-order valence-corrected chi connectivity index (χ0v) is 16.5. The van der Waals surface area contributed by atoms with E-state index in [-0.39, 0.29) is 23.4 Å². The number of nitrogens with zero attached hydrogens (tertiary/aromatic N) is 4. The summed E-state index contributed by atoms with van der Waals surface area (Å²) in [6.45, 7) is 3.35. The first-order valence-corrected chi connectivity index (χ1v) is 9.78. The first-order chi connectivity index (χ1) is 14.5. The number of carbonyl (C=O) groups excluding carboxylic acids is 1. The number of aromatic nitrogens is 3. The largest absolute Gasteiger partial charge is 0.393 e. The molecule has 1 saturated heterocycles. The van der Waals surface area contributed by atoms with E-state index < -0.39 is 11.7 Å². The van der Waals surface area contributed by atoms with Crippen molar-refractivity contribution in [3.63, 3.8) is 0 Å². The molecule has 4 heterocycles. The molecular weight excluding hydrogens is 385 g/mol. The van der Waals surface area contributed by atoms with Crippen LogP contribution in [0, 0.1) is 11.7 Å². The summed E-state index contributed by atoms with van der Waals surface area (Å²) in [6.07, 6.45) is 6.67. The molecule has 1 aliphatic heterocycles. The molecule has 3 aromatic rings. The highest BCUT2D eigenvalue weighted by molar-refractivity contribution is 6.04. The smallest absolute Gasteiger partial charge is 0.274 e. The van der Waals surface area contributed by atoms with E-state index in [1.807, 2.05) is 13.0 Å². The van der Waals surface area contributed by atoms with Crippen molar-refractivity contribution in [2.24, 2.45) is 5.92 Å². The first kappa shape index (κ1) is 19.9. The van der Waals surface area contributed by atoms with Crippen LogP contribution in [0.3, 0.4) is 0 Å². The van der Waals surface area contributed by atoms with Gasteiger partial charge in [-0.05, 0) is 42.7 Å². The summed E-state index contributed by atoms with van der Waals surface area (Å²) in [5, 5.41) is 12.8. The highest BCUT2D eigenvalue weighted by atomic mass is 19.1. The van der Waals surface area contributed by atoms with Gasteiger partial charge in [0.2, 0.25) is 0 Å². The molecular formula is C22H22FN5O2. The lowest BCUT2D eigenvalue weighted by atomic mass is 9.96. The van der Waals surface area contributed by atoms with Gasteiger partial charge in [0.25, 0.3) is 5.91 Å². The Morgan fingerprint density at radius 3 is 2.70 bits per heavy atom. The van der Waals surface area contributed by atoms with Gasteiger partial charge in [-0.2, -0.15) is 0 Å². The molecule has 0 aromatic carbocycles. The minimum Gasteiger partial charge on any atom is -0.393 e. The number of aliphatic hydroxyl groups is 1. The molecule has 0 spiro atoms. The Morgan fingerprint density at radius 2 is 1.93 bits per heavy atom. The molecule has 8 heteroatoms. The number of carbonyl (C=O) groups is 1. The normalized spacial score (nSPS) is 18.8. The predicted octanol–water partition coefficient (Wildman–Crippen LogP) is 3.14. The Hall–Kier alpha value is -3.39. The Morgan fingerprint density at radius 1 is 1.17 bits per heavy atom. The molecule has 7 nitrogen and oxygen atoms in total. The second-order valence-electron chi connectivity index (χ2n) is 7.39. The van der Waals surface area contributed by atoms with Gasteiger partial charge in [-0.25, -0.2) is 9.37 Å². The molecule has 2 unspecified atom stereocenters. The highest BCUT2D eigenvalue weighted by Crippen LogP contribution is 2.30. The molecule has 0 bridgehead atoms. The van der Waals surface area contributed by atoms with Gasteiger partial charge in [-0.1, -0.05) is 6.92 Å². The van der Waals surface area contributed by atoms with Crippen LogP contribution in [0.25, 0.3) is 11.3 Å². The van der Waals surface area contributed by atoms with Crippen molar-refractivity contribution < 1.29 is 14.3 Å². The zero-order valence-electron chi connectivity index (χ0n) is 16.5. The van der Waals surface area contributed by atoms with E-state index in [2.05, 4.69) is 25.2 Å². The third kappa shape index (κ3) is 4.13. The maximum absolute atomic E-state index is 14.3. The molecule has 0 radical (unpaired) electrons. The highest BCUT2D eigenvalue weighted by Gasteiger charge is 2.26. The van der Waals surface area contributed by atoms with Crippen molar-refractivity contribution >= 4 is 17.3 Å². The molecule has 3 aromatic heterocycles. The Labute approximate surface area is 173 Å². The van der Waals surface area contributed by atoms with Gasteiger partial charge in [0, 0.05) is 37.2 Å². The summed E-state index contributed by atoms with van der Waals surface area (Å²) in [5.41, 5.74) is 2.10. The van der Waals surface area contributed by atoms with E-state index in [0.717, 1.165) is 5.69 Å². The predicted molar refractivity (Wildman–Crippen MR) is 112 cm³/mol. The molecule has 1 amide bonds. The zero-order chi connectivity index (χ0) is 21.1. The second-order valence-corrected chi connectivity index (χ2v) is 7.39. The Balaban J connectivity index is 1.58. The number of aliphatic hydroxyl groups excluding tert-OH is 1. The number of hydrogen-bond acceptors (Lipinski definition) is 6. The number of pyridine rings is 3. The maximum Gasteiger partial charge on any atom is 0.274 e. The second kappa shape index (κ2) is 8.54. The Kier molecular flexibility index (Phi) is 5.67. The number of nitrogens with one attached hydrogen (secondary N) is 1. The maximum atomic E-state index is 14.3. The number of piperidine rings is 1. The summed E-state index contributed by atoms with van der Waals surface area (Å²) < 4.78 is 14.3. The minimum absolute atomic E-state index is 0.0929. The van der Waals surface area contributed by atoms with Gasteiger partial charge in [-0.15, -0.1) is 0 Å². The van der Waals surface area contributed by atoms with Crippen LogP contribution in [0.4, 0.5) is 15.8 Å². The van der Waals surface area contributed by atoms with Gasteiger partial charge in [0.15, 0.2) is 0 Å². The number of halogens is 1. The number of anilines is 2. The van der Waals surface area contributed by atoms with E-state index in [0.29, 0.717) is 30.8 Å². The van der Waals surface area contributed by atoms with Crippen LogP contribution in [-0.4, -0.2) is 45.2 Å². The summed E-state index contributed by atoms with van der Waals surface area (Å²) in [6, 6.07) is 7.69. The molecule has 4 rings (SSSR count). The van der Waals surface area contributed by atoms with Gasteiger partial charge < -0.3 is 15.3 Å². The average Bonchev–Trinajstić information content (AvgIpc) is 2.77. The SMILES string of the molecule is CC1CN(c2ccncc2NC(=O)c2ccc(F)c(-c3ccncc3)n2)CCC1O. The third-order valence-electron chi connectivity index (χ3n) is 5.28. The topological polar surface area (TPSA) is 91.2 Å². The molecule has 1 fully saturated rings. The Bertz CT molecular complexity index is 1050. The number of rotatable bonds is 4. The summed E-state index contributed by atoms with van der Waals surface area (Å²) in [5.74, 6) is -0.845. The van der Waals surface area contributed by atoms with Gasteiger partial charge in [0.1, 0.15) is 17.2 Å². The van der Waals surface area contributed by atoms with Crippen LogP contribution >= 0.6 is 0 Å². The van der Waals surface area contributed by atoms with E-state index >= 15 is 0 Å². The van der Waals surface area contributed by atoms with Crippen LogP contribution in [-0.2, 0) is 0 Å². The summed E-state index contributed by atoms with van der Waals surface area (Å²) in [7, 11) is 0. The molecule has 2 N–H and O–H groups in total. The monoisotopic (exact) mass is 407 g/mol. The van der Waals surface area contributed by atoms with Crippen LogP contribution in [0.15, 0.2) is 55.1 Å². The molecule has 154 valence electrons. The van der Waals surface area contributed by atoms with Gasteiger partial charge in [-0.3, -0.25) is 14.8 Å². The molecule has 2 atom stereocenters. The number of amides is 1. The number of hydrogen-bond donors (Lipinski definition) is 2. The van der Waals surface area contributed by atoms with E-state index in [9.17, 15) is 14.3 Å². The molecule has 0 aliphatic carbocycles. The van der Waals surface area contributed by atoms with Crippen LogP contribution in [0.5, 0.6) is 0 Å². The van der Waals surface area contributed by atoms with Crippen molar-refractivity contribution in [1.29, 1.82) is 0 Å². The van der Waals surface area contributed by atoms with Crippen LogP contribution in [0.2, 0.25) is 0 Å². The van der Waals surface area contributed by atoms with Crippen molar-refractivity contribution in [3.8, 4) is 11.3 Å². The van der Waals surface area contributed by atoms with Gasteiger partial charge in [0.05, 0.1) is 23.7 Å². The van der Waals surface area contributed by atoms with Crippen molar-refractivity contribution in [3.05, 3.63) is 66.6 Å². The lowest BCUT2D eigenvalue weighted by Gasteiger charge is -2.36. The minimum atomic E-state index is -0.513. The fourth-order valence-electron chi connectivity index (χ4n) is 3.58. The van der Waals surface area contributed by atoms with Crippen molar-refractivity contribution in [2.45, 2.75) is 19.4 Å². The standard InChI is InChI=1S/C22H22FN5O2/c1-14-13-28(11-7-20(14)29)19-6-10-25-12-18(19)27-22(30)17-3-2-16(23)21(26-17)15-4-8-24-9-5-15/h2-6,8-10,12,14,20,29H,7,11,13H2,1H3,(H,27,30). The van der Waals surface area contributed by atoms with E-state index in [4.69, 9.17) is 0 Å². The van der Waals surface area contributed by atoms with Crippen molar-refractivity contribution in [2.75, 3.05) is 23.3 Å². The summed E-state index contributed by atoms with van der Waals surface area (Å²) in [4.78, 5) is 27.2. The lowest BCUT2D eigenvalue weighted by Crippen LogP contribution is -2.42. The fourth-order valence-corrected chi connectivity index (χ4v) is 3.58. The molecule has 30 heavy (non-hydrogen) atoms. The van der Waals surface area contributed by atoms with E-state index in [1.54, 1.807) is 36.9 Å². The average molecular weight is 407 g/mol. The van der Waals surface area contributed by atoms with Gasteiger partial charge >= 0.3 is 0 Å². The van der Waals surface area contributed by atoms with E-state index in [1.165, 1.54) is 12.1 Å². The van der Waals surface area contributed by atoms with Crippen molar-refractivity contribution in [1.82, 2.24) is 15.0 Å². The third-order valence-corrected chi connectivity index (χ3v) is 5.28. The van der Waals surface area contributed by atoms with Crippen LogP contribution in [0.1, 0.15) is 23.8 Å². The summed E-state index contributed by atoms with van der Waals surface area (Å²) >= 11 is 0. The lowest BCUT2D eigenvalue weighted by molar-refractivity contribution is 0.0969. The molecule has 0 saturated carbocycles. The first-order valence-electron chi connectivity index (χ1n) is 9.78.